The van der Waals surface area contributed by atoms with Crippen LogP contribution in [0.1, 0.15) is 24.8 Å². The topological polar surface area (TPSA) is 80.4 Å². The molecule has 2 fully saturated rings. The van der Waals surface area contributed by atoms with E-state index in [9.17, 15) is 24.4 Å². The lowest BCUT2D eigenvalue weighted by Crippen LogP contribution is -2.32. The van der Waals surface area contributed by atoms with Crippen molar-refractivity contribution < 1.29 is 19.2 Å². The summed E-state index contributed by atoms with van der Waals surface area (Å²) in [6.45, 7) is 0. The minimum Gasteiger partial charge on any atom is -0.481 e. The van der Waals surface area contributed by atoms with E-state index in [-0.39, 0.29) is 6.42 Å². The molecule has 2 atom stereocenters. The van der Waals surface area contributed by atoms with Crippen LogP contribution in [0.15, 0.2) is 18.2 Å². The summed E-state index contributed by atoms with van der Waals surface area (Å²) in [6.07, 6.45) is 2.60. The zero-order valence-corrected chi connectivity index (χ0v) is 10.7. The van der Waals surface area contributed by atoms with Gasteiger partial charge < -0.3 is 5.11 Å². The summed E-state index contributed by atoms with van der Waals surface area (Å²) in [7, 11) is 0. The van der Waals surface area contributed by atoms with E-state index in [0.717, 1.165) is 18.6 Å². The fraction of sp³-hybridized carbons (Fsp3) is 0.500. The number of benzene rings is 1. The Morgan fingerprint density at radius 2 is 2.10 bits per heavy atom. The number of rotatable bonds is 4. The lowest BCUT2D eigenvalue weighted by Gasteiger charge is -2.26. The van der Waals surface area contributed by atoms with E-state index in [1.54, 1.807) is 0 Å². The highest BCUT2D eigenvalue weighted by molar-refractivity contribution is 5.76. The second-order valence-electron chi connectivity index (χ2n) is 5.97. The minimum absolute atomic E-state index is 0.240. The zero-order valence-electron chi connectivity index (χ0n) is 10.7. The van der Waals surface area contributed by atoms with Gasteiger partial charge in [0.2, 0.25) is 5.82 Å². The molecule has 2 aliphatic carbocycles. The summed E-state index contributed by atoms with van der Waals surface area (Å²) in [5.74, 6) is -0.761. The van der Waals surface area contributed by atoms with Gasteiger partial charge in [-0.25, -0.2) is 0 Å². The van der Waals surface area contributed by atoms with Gasteiger partial charge in [-0.3, -0.25) is 14.9 Å². The summed E-state index contributed by atoms with van der Waals surface area (Å²) in [5, 5.41) is 20.0. The zero-order chi connectivity index (χ0) is 14.5. The Kier molecular flexibility index (Phi) is 2.77. The number of nitrogens with zero attached hydrogens (tertiary/aromatic N) is 1. The second-order valence-corrected chi connectivity index (χ2v) is 5.97. The van der Waals surface area contributed by atoms with Gasteiger partial charge in [0.15, 0.2) is 0 Å². The molecule has 0 amide bonds. The van der Waals surface area contributed by atoms with Gasteiger partial charge in [-0.1, -0.05) is 6.07 Å². The summed E-state index contributed by atoms with van der Waals surface area (Å²) >= 11 is 0. The molecule has 20 heavy (non-hydrogen) atoms. The predicted molar refractivity (Wildman–Crippen MR) is 67.7 cm³/mol. The molecule has 106 valence electrons. The number of nitro benzene ring substituents is 1. The molecule has 0 saturated heterocycles. The first-order valence-corrected chi connectivity index (χ1v) is 6.57. The highest BCUT2D eigenvalue weighted by atomic mass is 19.1. The van der Waals surface area contributed by atoms with Crippen LogP contribution in [-0.4, -0.2) is 16.0 Å². The molecule has 6 heteroatoms. The molecular weight excluding hydrogens is 265 g/mol. The number of carboxylic acids is 1. The van der Waals surface area contributed by atoms with Crippen molar-refractivity contribution in [1.82, 2.24) is 0 Å². The first-order valence-electron chi connectivity index (χ1n) is 6.57. The number of hydrogen-bond donors (Lipinski definition) is 1. The Morgan fingerprint density at radius 1 is 1.45 bits per heavy atom. The van der Waals surface area contributed by atoms with Crippen molar-refractivity contribution in [3.8, 4) is 0 Å². The van der Waals surface area contributed by atoms with Gasteiger partial charge >= 0.3 is 11.7 Å². The Labute approximate surface area is 114 Å². The number of fused-ring (bicyclic) bond motifs is 1. The number of carbonyl (C=O) groups is 1. The van der Waals surface area contributed by atoms with E-state index >= 15 is 0 Å². The van der Waals surface area contributed by atoms with E-state index < -0.39 is 27.8 Å². The van der Waals surface area contributed by atoms with Crippen LogP contribution < -0.4 is 0 Å². The third-order valence-corrected chi connectivity index (χ3v) is 4.58. The molecule has 2 unspecified atom stereocenters. The summed E-state index contributed by atoms with van der Waals surface area (Å²) in [6, 6.07) is 3.65. The Balaban J connectivity index is 1.84. The van der Waals surface area contributed by atoms with Gasteiger partial charge in [-0.2, -0.15) is 4.39 Å². The third kappa shape index (κ3) is 2.05. The highest BCUT2D eigenvalue weighted by Crippen LogP contribution is 2.61. The number of aliphatic carboxylic acids is 1. The van der Waals surface area contributed by atoms with Gasteiger partial charge in [0.1, 0.15) is 0 Å². The molecule has 0 heterocycles. The lowest BCUT2D eigenvalue weighted by atomic mass is 9.77. The average Bonchev–Trinajstić information content (AvgIpc) is 2.96. The molecule has 0 radical (unpaired) electrons. The normalized spacial score (nSPS) is 30.9. The van der Waals surface area contributed by atoms with E-state index in [1.165, 1.54) is 6.07 Å². The first-order chi connectivity index (χ1) is 9.41. The first kappa shape index (κ1) is 13.0. The molecule has 2 aliphatic rings. The van der Waals surface area contributed by atoms with Crippen molar-refractivity contribution >= 4 is 11.7 Å². The SMILES string of the molecule is O=C(O)C1(Cc2ccc([N+](=O)[O-])c(F)c2)CC2CC2C1. The molecule has 3 rings (SSSR count). The van der Waals surface area contributed by atoms with Crippen molar-refractivity contribution in [2.75, 3.05) is 0 Å². The van der Waals surface area contributed by atoms with Crippen LogP contribution in [0.4, 0.5) is 10.1 Å². The van der Waals surface area contributed by atoms with Crippen LogP contribution in [0.5, 0.6) is 0 Å². The fourth-order valence-corrected chi connectivity index (χ4v) is 3.49. The number of hydrogen-bond acceptors (Lipinski definition) is 3. The molecule has 0 spiro atoms. The van der Waals surface area contributed by atoms with E-state index in [4.69, 9.17) is 0 Å². The molecule has 0 aliphatic heterocycles. The molecule has 5 nitrogen and oxygen atoms in total. The fourth-order valence-electron chi connectivity index (χ4n) is 3.49. The third-order valence-electron chi connectivity index (χ3n) is 4.58. The summed E-state index contributed by atoms with van der Waals surface area (Å²) in [5.41, 5.74) is -0.889. The van der Waals surface area contributed by atoms with Gasteiger partial charge in [-0.05, 0) is 49.1 Å². The van der Waals surface area contributed by atoms with Crippen LogP contribution in [0.25, 0.3) is 0 Å². The van der Waals surface area contributed by atoms with Gasteiger partial charge in [-0.15, -0.1) is 0 Å². The molecule has 1 aromatic rings. The highest BCUT2D eigenvalue weighted by Gasteiger charge is 2.57. The van der Waals surface area contributed by atoms with Gasteiger partial charge in [0.25, 0.3) is 0 Å². The van der Waals surface area contributed by atoms with E-state index in [2.05, 4.69) is 0 Å². The maximum Gasteiger partial charge on any atom is 0.309 e. The minimum atomic E-state index is -0.906. The number of halogens is 1. The molecular formula is C14H14FNO4. The van der Waals surface area contributed by atoms with E-state index in [1.807, 2.05) is 0 Å². The summed E-state index contributed by atoms with van der Waals surface area (Å²) < 4.78 is 13.6. The molecule has 0 aromatic heterocycles. The van der Waals surface area contributed by atoms with Crippen LogP contribution in [0.2, 0.25) is 0 Å². The second kappa shape index (κ2) is 4.26. The Morgan fingerprint density at radius 3 is 2.60 bits per heavy atom. The largest absolute Gasteiger partial charge is 0.481 e. The van der Waals surface area contributed by atoms with E-state index in [0.29, 0.717) is 30.2 Å². The predicted octanol–water partition coefficient (Wildman–Crippen LogP) is 2.78. The van der Waals surface area contributed by atoms with Gasteiger partial charge in [0.05, 0.1) is 10.3 Å². The van der Waals surface area contributed by atoms with Crippen molar-refractivity contribution in [3.63, 3.8) is 0 Å². The molecule has 2 saturated carbocycles. The maximum absolute atomic E-state index is 13.6. The molecule has 0 bridgehead atoms. The van der Waals surface area contributed by atoms with Crippen LogP contribution in [-0.2, 0) is 11.2 Å². The van der Waals surface area contributed by atoms with Crippen molar-refractivity contribution in [2.45, 2.75) is 25.7 Å². The van der Waals surface area contributed by atoms with Crippen molar-refractivity contribution in [3.05, 3.63) is 39.7 Å². The van der Waals surface area contributed by atoms with Crippen LogP contribution in [0.3, 0.4) is 0 Å². The lowest BCUT2D eigenvalue weighted by molar-refractivity contribution is -0.387. The average molecular weight is 279 g/mol. The van der Waals surface area contributed by atoms with Crippen LogP contribution in [0, 0.1) is 33.2 Å². The number of carboxylic acid groups (broad SMARTS) is 1. The number of nitro groups is 1. The standard InChI is InChI=1S/C14H14FNO4/c15-11-3-8(1-2-12(11)16(19)20)5-14(13(17)18)6-9-4-10(9)7-14/h1-3,9-10H,4-7H2,(H,17,18). The maximum atomic E-state index is 13.6. The van der Waals surface area contributed by atoms with Crippen LogP contribution >= 0.6 is 0 Å². The molecule has 1 N–H and O–H groups in total. The van der Waals surface area contributed by atoms with Crippen molar-refractivity contribution in [1.29, 1.82) is 0 Å². The summed E-state index contributed by atoms with van der Waals surface area (Å²) in [4.78, 5) is 21.3. The quantitative estimate of drug-likeness (QED) is 0.678. The van der Waals surface area contributed by atoms with Gasteiger partial charge in [0, 0.05) is 6.07 Å². The Bertz CT molecular complexity index is 591. The smallest absolute Gasteiger partial charge is 0.309 e. The monoisotopic (exact) mass is 279 g/mol. The van der Waals surface area contributed by atoms with Crippen molar-refractivity contribution in [2.24, 2.45) is 17.3 Å². The Hall–Kier alpha value is -1.98. The molecule has 1 aromatic carbocycles.